The van der Waals surface area contributed by atoms with Crippen LogP contribution in [0, 0.1) is 5.92 Å². The summed E-state index contributed by atoms with van der Waals surface area (Å²) in [4.78, 5) is 25.3. The second kappa shape index (κ2) is 12.1. The lowest BCUT2D eigenvalue weighted by molar-refractivity contribution is -0.352. The van der Waals surface area contributed by atoms with E-state index < -0.39 is 90.8 Å². The molecule has 1 aromatic carbocycles. The van der Waals surface area contributed by atoms with Crippen LogP contribution in [0.3, 0.4) is 0 Å². The van der Waals surface area contributed by atoms with Crippen LogP contribution in [-0.2, 0) is 33.3 Å². The predicted molar refractivity (Wildman–Crippen MR) is 137 cm³/mol. The lowest BCUT2D eigenvalue weighted by Crippen LogP contribution is -2.62. The average Bonchev–Trinajstić information content (AvgIpc) is 3.16. The molecule has 0 spiro atoms. The Labute approximate surface area is 239 Å². The van der Waals surface area contributed by atoms with E-state index in [1.54, 1.807) is 6.07 Å². The van der Waals surface area contributed by atoms with Crippen LogP contribution in [0.1, 0.15) is 18.9 Å². The van der Waals surface area contributed by atoms with Crippen LogP contribution in [0.5, 0.6) is 11.5 Å². The van der Waals surface area contributed by atoms with Gasteiger partial charge < -0.3 is 64.2 Å². The Balaban J connectivity index is 1.59. The van der Waals surface area contributed by atoms with Crippen LogP contribution < -0.4 is 4.74 Å². The Hall–Kier alpha value is -3.28. The van der Waals surface area contributed by atoms with Crippen molar-refractivity contribution in [3.8, 4) is 11.5 Å². The summed E-state index contributed by atoms with van der Waals surface area (Å²) in [7, 11) is 2.44. The largest absolute Gasteiger partial charge is 0.504 e. The van der Waals surface area contributed by atoms with Crippen LogP contribution in [0.15, 0.2) is 36.1 Å². The van der Waals surface area contributed by atoms with Gasteiger partial charge in [0.15, 0.2) is 17.8 Å². The van der Waals surface area contributed by atoms with Crippen molar-refractivity contribution < 1.29 is 73.8 Å². The van der Waals surface area contributed by atoms with E-state index in [2.05, 4.69) is 0 Å². The smallest absolute Gasteiger partial charge is 0.339 e. The number of aliphatic hydroxyl groups excluding tert-OH is 4. The first kappa shape index (κ1) is 31.7. The molecule has 1 saturated heterocycles. The average molecular weight is 599 g/mol. The van der Waals surface area contributed by atoms with Crippen molar-refractivity contribution in [2.24, 2.45) is 5.92 Å². The number of hydrogen-bond acceptors (Lipinski definition) is 15. The second-order valence-corrected chi connectivity index (χ2v) is 10.4. The third-order valence-corrected chi connectivity index (χ3v) is 7.75. The summed E-state index contributed by atoms with van der Waals surface area (Å²) in [5.74, 6) is -3.43. The van der Waals surface area contributed by atoms with Crippen LogP contribution in [0.25, 0.3) is 6.08 Å². The van der Waals surface area contributed by atoms with Gasteiger partial charge in [-0.25, -0.2) is 9.59 Å². The molecule has 0 amide bonds. The van der Waals surface area contributed by atoms with E-state index >= 15 is 0 Å². The van der Waals surface area contributed by atoms with Gasteiger partial charge >= 0.3 is 11.9 Å². The molecule has 10 atom stereocenters. The highest BCUT2D eigenvalue weighted by atomic mass is 16.8. The fourth-order valence-corrected chi connectivity index (χ4v) is 5.47. The number of phenols is 1. The maximum absolute atomic E-state index is 12.7. The Morgan fingerprint density at radius 1 is 1.10 bits per heavy atom. The molecule has 0 unspecified atom stereocenters. The highest BCUT2D eigenvalue weighted by Gasteiger charge is 2.69. The van der Waals surface area contributed by atoms with Gasteiger partial charge in [-0.15, -0.1) is 0 Å². The first-order valence-corrected chi connectivity index (χ1v) is 12.9. The van der Waals surface area contributed by atoms with Gasteiger partial charge in [-0.05, 0) is 30.7 Å². The second-order valence-electron chi connectivity index (χ2n) is 10.4. The lowest BCUT2D eigenvalue weighted by atomic mass is 9.77. The summed E-state index contributed by atoms with van der Waals surface area (Å²) >= 11 is 0. The first-order chi connectivity index (χ1) is 19.8. The van der Waals surface area contributed by atoms with Crippen molar-refractivity contribution in [3.63, 3.8) is 0 Å². The van der Waals surface area contributed by atoms with Crippen molar-refractivity contribution in [2.75, 3.05) is 20.8 Å². The molecule has 7 N–H and O–H groups in total. The number of hydrogen-bond donors (Lipinski definition) is 7. The number of carbonyl (C=O) groups excluding carboxylic acids is 2. The van der Waals surface area contributed by atoms with E-state index in [0.29, 0.717) is 5.56 Å². The van der Waals surface area contributed by atoms with Crippen molar-refractivity contribution in [3.05, 3.63) is 41.7 Å². The molecule has 15 heteroatoms. The Morgan fingerprint density at radius 3 is 2.43 bits per heavy atom. The van der Waals surface area contributed by atoms with Gasteiger partial charge in [-0.1, -0.05) is 6.07 Å². The van der Waals surface area contributed by atoms with Crippen LogP contribution >= 0.6 is 0 Å². The van der Waals surface area contributed by atoms with E-state index in [0.717, 1.165) is 19.4 Å². The fraction of sp³-hybridized carbons (Fsp3) is 0.556. The van der Waals surface area contributed by atoms with Gasteiger partial charge in [0.25, 0.3) is 0 Å². The molecule has 2 fully saturated rings. The minimum absolute atomic E-state index is 0.161. The van der Waals surface area contributed by atoms with Crippen molar-refractivity contribution in [1.82, 2.24) is 0 Å². The Morgan fingerprint density at radius 2 is 1.81 bits per heavy atom. The minimum Gasteiger partial charge on any atom is -0.504 e. The molecule has 42 heavy (non-hydrogen) atoms. The number of aliphatic hydroxyl groups is 6. The van der Waals surface area contributed by atoms with E-state index in [1.807, 2.05) is 0 Å². The molecule has 2 aliphatic heterocycles. The lowest BCUT2D eigenvalue weighted by Gasteiger charge is -2.46. The normalized spacial score (nSPS) is 37.9. The summed E-state index contributed by atoms with van der Waals surface area (Å²) in [6, 6.07) is 4.40. The molecular weight excluding hydrogens is 564 g/mol. The van der Waals surface area contributed by atoms with Gasteiger partial charge in [0, 0.05) is 12.5 Å². The molecule has 1 saturated carbocycles. The third kappa shape index (κ3) is 5.69. The summed E-state index contributed by atoms with van der Waals surface area (Å²) in [5.41, 5.74) is -4.37. The van der Waals surface area contributed by atoms with E-state index in [1.165, 1.54) is 32.2 Å². The molecule has 15 nitrogen and oxygen atoms in total. The summed E-state index contributed by atoms with van der Waals surface area (Å²) in [5, 5.41) is 73.4. The molecule has 3 aliphatic rings. The van der Waals surface area contributed by atoms with Gasteiger partial charge in [0.2, 0.25) is 6.29 Å². The van der Waals surface area contributed by atoms with Gasteiger partial charge in [0.1, 0.15) is 47.3 Å². The molecule has 0 bridgehead atoms. The van der Waals surface area contributed by atoms with Crippen molar-refractivity contribution >= 4 is 18.0 Å². The van der Waals surface area contributed by atoms with E-state index in [4.69, 9.17) is 28.4 Å². The van der Waals surface area contributed by atoms with E-state index in [9.17, 15) is 45.3 Å². The van der Waals surface area contributed by atoms with Gasteiger partial charge in [0.05, 0.1) is 33.0 Å². The molecule has 0 aromatic heterocycles. The van der Waals surface area contributed by atoms with Crippen LogP contribution in [0.4, 0.5) is 0 Å². The van der Waals surface area contributed by atoms with Crippen molar-refractivity contribution in [2.45, 2.75) is 67.6 Å². The zero-order valence-corrected chi connectivity index (χ0v) is 22.9. The molecule has 232 valence electrons. The quantitative estimate of drug-likeness (QED) is 0.127. The summed E-state index contributed by atoms with van der Waals surface area (Å²) in [6.45, 7) is 0.474. The fourth-order valence-electron chi connectivity index (χ4n) is 5.47. The maximum atomic E-state index is 12.7. The number of rotatable bonds is 8. The number of methoxy groups -OCH3 is 2. The third-order valence-electron chi connectivity index (χ3n) is 7.75. The SMILES string of the molecule is COC(=O)C1=CO[C@@H](O[C@@H]2O[C@H](CO)[C@@H](O)[C@H](O)[C@H]2O)[C@@H]2[C@@](C)(O)[C@@H](OC(=O)/C=C/c3ccc(OC)c(O)c3)C[C@]12O. The summed E-state index contributed by atoms with van der Waals surface area (Å²) < 4.78 is 31.7. The first-order valence-electron chi connectivity index (χ1n) is 12.9. The molecule has 0 radical (unpaired) electrons. The number of aromatic hydroxyl groups is 1. The molecule has 4 rings (SSSR count). The van der Waals surface area contributed by atoms with E-state index in [-0.39, 0.29) is 11.5 Å². The number of fused-ring (bicyclic) bond motifs is 1. The number of benzene rings is 1. The number of esters is 2. The molecular formula is C27H34O15. The van der Waals surface area contributed by atoms with Crippen LogP contribution in [0.2, 0.25) is 0 Å². The number of carbonyl (C=O) groups is 2. The monoisotopic (exact) mass is 598 g/mol. The Bertz CT molecular complexity index is 1230. The summed E-state index contributed by atoms with van der Waals surface area (Å²) in [6.07, 6.45) is -8.76. The predicted octanol–water partition coefficient (Wildman–Crippen LogP) is -1.94. The zero-order valence-electron chi connectivity index (χ0n) is 22.9. The standard InChI is InChI=1S/C27H34O15/c1-26(35)17(41-18(30)7-5-12-4-6-15(37-2)14(29)8-12)9-27(36)13(23(34)38-3)11-39-25(22(26)27)42-24-21(33)20(32)19(31)16(10-28)40-24/h4-8,11,16-17,19-22,24-25,28-29,31-33,35-36H,9-10H2,1-3H3/b7-5+/t16-,17+,19-,20+,21-,22-,24+,25+,26+,27+/m1/s1. The molecule has 2 heterocycles. The molecule has 1 aliphatic carbocycles. The maximum Gasteiger partial charge on any atom is 0.339 e. The van der Waals surface area contributed by atoms with Crippen molar-refractivity contribution in [1.29, 1.82) is 0 Å². The number of ether oxygens (including phenoxy) is 6. The van der Waals surface area contributed by atoms with Gasteiger partial charge in [-0.3, -0.25) is 0 Å². The zero-order chi connectivity index (χ0) is 31.0. The highest BCUT2D eigenvalue weighted by Crippen LogP contribution is 2.53. The van der Waals surface area contributed by atoms with Gasteiger partial charge in [-0.2, -0.15) is 0 Å². The minimum atomic E-state index is -2.25. The number of phenolic OH excluding ortho intramolecular Hbond substituents is 1. The topological polar surface area (TPSA) is 231 Å². The highest BCUT2D eigenvalue weighted by molar-refractivity contribution is 5.91. The van der Waals surface area contributed by atoms with Crippen LogP contribution in [-0.4, -0.2) is 123 Å². The Kier molecular flexibility index (Phi) is 9.15. The molecule has 1 aromatic rings.